The van der Waals surface area contributed by atoms with Crippen LogP contribution >= 0.6 is 15.9 Å². The number of halogens is 1. The predicted octanol–water partition coefficient (Wildman–Crippen LogP) is 2.86. The average molecular weight is 389 g/mol. The molecule has 4 rings (SSSR count). The Morgan fingerprint density at radius 1 is 1.29 bits per heavy atom. The van der Waals surface area contributed by atoms with Crippen molar-refractivity contribution >= 4 is 21.8 Å². The first-order valence-corrected chi connectivity index (χ1v) is 9.26. The van der Waals surface area contributed by atoms with Gasteiger partial charge in [-0.15, -0.1) is 0 Å². The van der Waals surface area contributed by atoms with E-state index < -0.39 is 0 Å². The van der Waals surface area contributed by atoms with Crippen molar-refractivity contribution in [3.05, 3.63) is 51.8 Å². The van der Waals surface area contributed by atoms with Crippen LogP contribution in [-0.4, -0.2) is 40.6 Å². The van der Waals surface area contributed by atoms with Gasteiger partial charge in [0, 0.05) is 24.9 Å². The van der Waals surface area contributed by atoms with Crippen LogP contribution in [0.25, 0.3) is 0 Å². The summed E-state index contributed by atoms with van der Waals surface area (Å²) in [5.74, 6) is 1.10. The molecule has 2 atom stereocenters. The SMILES string of the molecule is NC[C@@H]1CN(C(=O)c2n[nH]c(C3CC3)c2Br)C[C@H]1c1ccccc1. The summed E-state index contributed by atoms with van der Waals surface area (Å²) < 4.78 is 0.836. The molecule has 1 aromatic heterocycles. The third kappa shape index (κ3) is 2.78. The van der Waals surface area contributed by atoms with Crippen LogP contribution in [0.5, 0.6) is 0 Å². The Morgan fingerprint density at radius 2 is 2.04 bits per heavy atom. The van der Waals surface area contributed by atoms with Crippen LogP contribution in [-0.2, 0) is 0 Å². The van der Waals surface area contributed by atoms with Crippen molar-refractivity contribution in [2.24, 2.45) is 11.7 Å². The van der Waals surface area contributed by atoms with Crippen LogP contribution in [0, 0.1) is 5.92 Å². The first kappa shape index (κ1) is 15.8. The fraction of sp³-hybridized carbons (Fsp3) is 0.444. The Kier molecular flexibility index (Phi) is 4.18. The number of nitrogens with zero attached hydrogens (tertiary/aromatic N) is 2. The maximum Gasteiger partial charge on any atom is 0.275 e. The minimum Gasteiger partial charge on any atom is -0.336 e. The number of benzene rings is 1. The maximum atomic E-state index is 12.9. The second-order valence-corrected chi connectivity index (χ2v) is 7.59. The third-order valence-corrected chi connectivity index (χ3v) is 5.98. The van der Waals surface area contributed by atoms with E-state index in [2.05, 4.69) is 38.3 Å². The highest BCUT2D eigenvalue weighted by atomic mass is 79.9. The zero-order valence-corrected chi connectivity index (χ0v) is 15.0. The van der Waals surface area contributed by atoms with Crippen LogP contribution in [0.1, 0.15) is 46.4 Å². The smallest absolute Gasteiger partial charge is 0.275 e. The minimum absolute atomic E-state index is 0.0121. The number of amides is 1. The van der Waals surface area contributed by atoms with E-state index >= 15 is 0 Å². The number of hydrogen-bond donors (Lipinski definition) is 2. The molecule has 1 aliphatic carbocycles. The molecule has 3 N–H and O–H groups in total. The van der Waals surface area contributed by atoms with E-state index in [4.69, 9.17) is 5.73 Å². The molecule has 1 aliphatic heterocycles. The number of likely N-dealkylation sites (tertiary alicyclic amines) is 1. The fourth-order valence-electron chi connectivity index (χ4n) is 3.63. The molecule has 0 bridgehead atoms. The molecule has 126 valence electrons. The summed E-state index contributed by atoms with van der Waals surface area (Å²) in [7, 11) is 0. The quantitative estimate of drug-likeness (QED) is 0.845. The van der Waals surface area contributed by atoms with Crippen LogP contribution in [0.4, 0.5) is 0 Å². The van der Waals surface area contributed by atoms with Gasteiger partial charge in [-0.2, -0.15) is 5.10 Å². The Hall–Kier alpha value is -1.66. The highest BCUT2D eigenvalue weighted by Gasteiger charge is 2.38. The van der Waals surface area contributed by atoms with Gasteiger partial charge in [0.05, 0.1) is 10.2 Å². The van der Waals surface area contributed by atoms with Gasteiger partial charge in [-0.25, -0.2) is 0 Å². The first-order chi connectivity index (χ1) is 11.7. The van der Waals surface area contributed by atoms with E-state index in [1.807, 2.05) is 23.1 Å². The van der Waals surface area contributed by atoms with Gasteiger partial charge < -0.3 is 10.6 Å². The molecule has 5 nitrogen and oxygen atoms in total. The molecule has 0 radical (unpaired) electrons. The van der Waals surface area contributed by atoms with Crippen LogP contribution in [0.15, 0.2) is 34.8 Å². The van der Waals surface area contributed by atoms with Crippen molar-refractivity contribution in [1.82, 2.24) is 15.1 Å². The summed E-state index contributed by atoms with van der Waals surface area (Å²) in [5.41, 5.74) is 8.79. The topological polar surface area (TPSA) is 75.0 Å². The van der Waals surface area contributed by atoms with Crippen molar-refractivity contribution in [3.63, 3.8) is 0 Å². The summed E-state index contributed by atoms with van der Waals surface area (Å²) in [6.07, 6.45) is 2.34. The fourth-order valence-corrected chi connectivity index (χ4v) is 4.30. The van der Waals surface area contributed by atoms with Crippen molar-refractivity contribution in [2.75, 3.05) is 19.6 Å². The number of aromatic nitrogens is 2. The summed E-state index contributed by atoms with van der Waals surface area (Å²) in [6, 6.07) is 10.3. The van der Waals surface area contributed by atoms with Crippen molar-refractivity contribution in [2.45, 2.75) is 24.7 Å². The number of nitrogens with one attached hydrogen (secondary N) is 1. The molecule has 1 aromatic carbocycles. The zero-order valence-electron chi connectivity index (χ0n) is 13.4. The normalized spacial score (nSPS) is 23.7. The summed E-state index contributed by atoms with van der Waals surface area (Å²) in [5, 5.41) is 7.32. The Balaban J connectivity index is 1.55. The number of rotatable bonds is 4. The number of carbonyl (C=O) groups is 1. The molecule has 1 amide bonds. The van der Waals surface area contributed by atoms with Crippen LogP contribution in [0.3, 0.4) is 0 Å². The summed E-state index contributed by atoms with van der Waals surface area (Å²) >= 11 is 3.57. The highest BCUT2D eigenvalue weighted by molar-refractivity contribution is 9.10. The number of aromatic amines is 1. The minimum atomic E-state index is -0.0121. The summed E-state index contributed by atoms with van der Waals surface area (Å²) in [6.45, 7) is 1.97. The molecule has 1 saturated carbocycles. The van der Waals surface area contributed by atoms with E-state index in [1.54, 1.807) is 0 Å². The maximum absolute atomic E-state index is 12.9. The molecular weight excluding hydrogens is 368 g/mol. The second kappa shape index (κ2) is 6.33. The lowest BCUT2D eigenvalue weighted by Crippen LogP contribution is -2.30. The van der Waals surface area contributed by atoms with Crippen molar-refractivity contribution in [3.8, 4) is 0 Å². The summed E-state index contributed by atoms with van der Waals surface area (Å²) in [4.78, 5) is 14.8. The average Bonchev–Trinajstić information content (AvgIpc) is 3.24. The standard InChI is InChI=1S/C18H21BrN4O/c19-15-16(12-6-7-12)21-22-17(15)18(24)23-9-13(8-20)14(10-23)11-4-2-1-3-5-11/h1-5,12-14H,6-10,20H2,(H,21,22)/t13-,14+/m1/s1. The molecule has 2 fully saturated rings. The number of H-pyrrole nitrogens is 1. The molecule has 1 saturated heterocycles. The van der Waals surface area contributed by atoms with Gasteiger partial charge in [-0.1, -0.05) is 30.3 Å². The van der Waals surface area contributed by atoms with Gasteiger partial charge in [-0.3, -0.25) is 9.89 Å². The Labute approximate surface area is 149 Å². The van der Waals surface area contributed by atoms with Crippen LogP contribution < -0.4 is 5.73 Å². The number of nitrogens with two attached hydrogens (primary N) is 1. The van der Waals surface area contributed by atoms with Crippen LogP contribution in [0.2, 0.25) is 0 Å². The van der Waals surface area contributed by atoms with Gasteiger partial charge >= 0.3 is 0 Å². The molecule has 6 heteroatoms. The van der Waals surface area contributed by atoms with E-state index in [0.717, 1.165) is 10.2 Å². The van der Waals surface area contributed by atoms with Crippen molar-refractivity contribution in [1.29, 1.82) is 0 Å². The largest absolute Gasteiger partial charge is 0.336 e. The van der Waals surface area contributed by atoms with E-state index in [0.29, 0.717) is 37.2 Å². The molecule has 2 aliphatic rings. The van der Waals surface area contributed by atoms with Crippen molar-refractivity contribution < 1.29 is 4.79 Å². The van der Waals surface area contributed by atoms with E-state index in [9.17, 15) is 4.79 Å². The molecule has 2 aromatic rings. The molecule has 24 heavy (non-hydrogen) atoms. The van der Waals surface area contributed by atoms with Gasteiger partial charge in [0.2, 0.25) is 0 Å². The van der Waals surface area contributed by atoms with Gasteiger partial charge in [-0.05, 0) is 46.8 Å². The van der Waals surface area contributed by atoms with Gasteiger partial charge in [0.15, 0.2) is 5.69 Å². The molecule has 2 heterocycles. The Morgan fingerprint density at radius 3 is 2.71 bits per heavy atom. The zero-order chi connectivity index (χ0) is 16.7. The predicted molar refractivity (Wildman–Crippen MR) is 95.9 cm³/mol. The molecule has 0 unspecified atom stereocenters. The second-order valence-electron chi connectivity index (χ2n) is 6.80. The van der Waals surface area contributed by atoms with Gasteiger partial charge in [0.1, 0.15) is 0 Å². The highest BCUT2D eigenvalue weighted by Crippen LogP contribution is 2.43. The number of carbonyl (C=O) groups excluding carboxylic acids is 1. The van der Waals surface area contributed by atoms with E-state index in [-0.39, 0.29) is 11.8 Å². The number of hydrogen-bond acceptors (Lipinski definition) is 3. The van der Waals surface area contributed by atoms with Gasteiger partial charge in [0.25, 0.3) is 5.91 Å². The third-order valence-electron chi connectivity index (χ3n) is 5.18. The molecular formula is C18H21BrN4O. The van der Waals surface area contributed by atoms with E-state index in [1.165, 1.54) is 18.4 Å². The molecule has 0 spiro atoms. The lowest BCUT2D eigenvalue weighted by molar-refractivity contribution is 0.0779. The monoisotopic (exact) mass is 388 g/mol. The lowest BCUT2D eigenvalue weighted by Gasteiger charge is -2.16. The lowest BCUT2D eigenvalue weighted by atomic mass is 9.89. The first-order valence-electron chi connectivity index (χ1n) is 8.47. The Bertz CT molecular complexity index is 741.